The second-order valence-corrected chi connectivity index (χ2v) is 4.20. The third-order valence-electron chi connectivity index (χ3n) is 2.85. The molecule has 0 atom stereocenters. The van der Waals surface area contributed by atoms with Crippen LogP contribution < -0.4 is 4.90 Å². The summed E-state index contributed by atoms with van der Waals surface area (Å²) in [6, 6.07) is 5.75. The molecule has 1 amide bonds. The van der Waals surface area contributed by atoms with E-state index in [1.165, 1.54) is 10.5 Å². The second kappa shape index (κ2) is 6.19. The highest BCUT2D eigenvalue weighted by atomic mass is 16.5. The van der Waals surface area contributed by atoms with Gasteiger partial charge in [-0.05, 0) is 44.0 Å². The van der Waals surface area contributed by atoms with Crippen molar-refractivity contribution in [1.82, 2.24) is 0 Å². The van der Waals surface area contributed by atoms with Crippen molar-refractivity contribution in [3.63, 3.8) is 0 Å². The minimum atomic E-state index is -0.488. The lowest BCUT2D eigenvalue weighted by Crippen LogP contribution is -2.29. The van der Waals surface area contributed by atoms with E-state index in [0.29, 0.717) is 6.61 Å². The van der Waals surface area contributed by atoms with Crippen LogP contribution in [0.25, 0.3) is 0 Å². The van der Waals surface area contributed by atoms with Gasteiger partial charge in [-0.2, -0.15) is 0 Å². The smallest absolute Gasteiger partial charge is 0.315 e. The fourth-order valence-electron chi connectivity index (χ4n) is 1.53. The Balaban J connectivity index is 2.74. The van der Waals surface area contributed by atoms with Crippen molar-refractivity contribution in [1.29, 1.82) is 0 Å². The number of rotatable bonds is 4. The zero-order valence-corrected chi connectivity index (χ0v) is 11.3. The van der Waals surface area contributed by atoms with Gasteiger partial charge in [0.2, 0.25) is 5.91 Å². The first-order chi connectivity index (χ1) is 8.45. The number of hydrogen-bond acceptors (Lipinski definition) is 3. The van der Waals surface area contributed by atoms with Gasteiger partial charge in [-0.3, -0.25) is 9.59 Å². The molecule has 0 bridgehead atoms. The van der Waals surface area contributed by atoms with Crippen LogP contribution in [0.3, 0.4) is 0 Å². The summed E-state index contributed by atoms with van der Waals surface area (Å²) >= 11 is 0. The van der Waals surface area contributed by atoms with Crippen LogP contribution in [-0.2, 0) is 14.3 Å². The molecule has 0 aromatic heterocycles. The van der Waals surface area contributed by atoms with Crippen molar-refractivity contribution < 1.29 is 14.3 Å². The zero-order chi connectivity index (χ0) is 13.7. The number of aryl methyl sites for hydroxylation is 2. The van der Waals surface area contributed by atoms with Gasteiger partial charge in [0.05, 0.1) is 6.61 Å². The Morgan fingerprint density at radius 1 is 1.22 bits per heavy atom. The van der Waals surface area contributed by atoms with Gasteiger partial charge in [-0.15, -0.1) is 0 Å². The number of benzene rings is 1. The number of hydrogen-bond donors (Lipinski definition) is 0. The van der Waals surface area contributed by atoms with Crippen LogP contribution in [0.5, 0.6) is 0 Å². The van der Waals surface area contributed by atoms with Crippen LogP contribution in [0, 0.1) is 13.8 Å². The van der Waals surface area contributed by atoms with E-state index in [0.717, 1.165) is 11.3 Å². The highest BCUT2D eigenvalue weighted by Gasteiger charge is 2.16. The summed E-state index contributed by atoms with van der Waals surface area (Å²) in [5, 5.41) is 0. The van der Waals surface area contributed by atoms with Crippen molar-refractivity contribution in [3.8, 4) is 0 Å². The summed E-state index contributed by atoms with van der Waals surface area (Å²) in [5.41, 5.74) is 3.07. The summed E-state index contributed by atoms with van der Waals surface area (Å²) in [6.07, 6.45) is -0.225. The number of nitrogens with zero attached hydrogens (tertiary/aromatic N) is 1. The van der Waals surface area contributed by atoms with E-state index in [1.807, 2.05) is 32.0 Å². The van der Waals surface area contributed by atoms with E-state index >= 15 is 0 Å². The van der Waals surface area contributed by atoms with Crippen molar-refractivity contribution >= 4 is 17.6 Å². The van der Waals surface area contributed by atoms with E-state index in [1.54, 1.807) is 14.0 Å². The zero-order valence-electron chi connectivity index (χ0n) is 11.3. The first kappa shape index (κ1) is 14.2. The maximum absolute atomic E-state index is 11.9. The lowest BCUT2D eigenvalue weighted by atomic mass is 10.1. The lowest BCUT2D eigenvalue weighted by molar-refractivity contribution is -0.145. The number of carbonyl (C=O) groups excluding carboxylic acids is 2. The molecule has 1 aromatic carbocycles. The minimum absolute atomic E-state index is 0.225. The molecule has 0 aliphatic carbocycles. The summed E-state index contributed by atoms with van der Waals surface area (Å²) in [5.74, 6) is -0.755. The Morgan fingerprint density at radius 3 is 2.44 bits per heavy atom. The maximum atomic E-state index is 11.9. The highest BCUT2D eigenvalue weighted by Crippen LogP contribution is 2.18. The maximum Gasteiger partial charge on any atom is 0.315 e. The minimum Gasteiger partial charge on any atom is -0.466 e. The average molecular weight is 249 g/mol. The fraction of sp³-hybridized carbons (Fsp3) is 0.429. The molecule has 0 radical (unpaired) electrons. The molecule has 0 aliphatic heterocycles. The molecule has 4 heteroatoms. The summed E-state index contributed by atoms with van der Waals surface area (Å²) in [6.45, 7) is 6.01. The summed E-state index contributed by atoms with van der Waals surface area (Å²) in [4.78, 5) is 24.6. The Kier molecular flexibility index (Phi) is 4.89. The number of anilines is 1. The molecule has 18 heavy (non-hydrogen) atoms. The van der Waals surface area contributed by atoms with Crippen LogP contribution in [0.2, 0.25) is 0 Å². The Labute approximate surface area is 108 Å². The van der Waals surface area contributed by atoms with Crippen molar-refractivity contribution in [2.45, 2.75) is 27.2 Å². The molecule has 0 saturated heterocycles. The Hall–Kier alpha value is -1.84. The van der Waals surface area contributed by atoms with Crippen LogP contribution in [0.4, 0.5) is 5.69 Å². The van der Waals surface area contributed by atoms with Gasteiger partial charge < -0.3 is 9.64 Å². The molecule has 0 unspecified atom stereocenters. The molecule has 1 aromatic rings. The topological polar surface area (TPSA) is 46.6 Å². The van der Waals surface area contributed by atoms with Crippen LogP contribution in [-0.4, -0.2) is 25.5 Å². The van der Waals surface area contributed by atoms with Crippen molar-refractivity contribution in [2.24, 2.45) is 0 Å². The number of ether oxygens (including phenoxy) is 1. The molecule has 0 heterocycles. The Bertz CT molecular complexity index is 454. The van der Waals surface area contributed by atoms with Crippen LogP contribution in [0.1, 0.15) is 24.5 Å². The first-order valence-electron chi connectivity index (χ1n) is 5.95. The van der Waals surface area contributed by atoms with E-state index < -0.39 is 5.97 Å². The first-order valence-corrected chi connectivity index (χ1v) is 5.95. The van der Waals surface area contributed by atoms with Gasteiger partial charge in [0.15, 0.2) is 0 Å². The van der Waals surface area contributed by atoms with Crippen molar-refractivity contribution in [2.75, 3.05) is 18.6 Å². The SMILES string of the molecule is CCOC(=O)CC(=O)N(C)c1ccc(C)c(C)c1. The van der Waals surface area contributed by atoms with Gasteiger partial charge in [0, 0.05) is 12.7 Å². The van der Waals surface area contributed by atoms with E-state index in [-0.39, 0.29) is 12.3 Å². The molecule has 98 valence electrons. The predicted octanol–water partition coefficient (Wildman–Crippen LogP) is 2.22. The summed E-state index contributed by atoms with van der Waals surface area (Å²) < 4.78 is 4.75. The molecule has 0 spiro atoms. The molecule has 1 rings (SSSR count). The summed E-state index contributed by atoms with van der Waals surface area (Å²) in [7, 11) is 1.66. The van der Waals surface area contributed by atoms with E-state index in [4.69, 9.17) is 4.74 Å². The lowest BCUT2D eigenvalue weighted by Gasteiger charge is -2.18. The largest absolute Gasteiger partial charge is 0.466 e. The van der Waals surface area contributed by atoms with Crippen LogP contribution in [0.15, 0.2) is 18.2 Å². The van der Waals surface area contributed by atoms with Gasteiger partial charge in [0.25, 0.3) is 0 Å². The molecule has 0 fully saturated rings. The third-order valence-corrected chi connectivity index (χ3v) is 2.85. The van der Waals surface area contributed by atoms with E-state index in [9.17, 15) is 9.59 Å². The molecule has 0 aliphatic rings. The van der Waals surface area contributed by atoms with Crippen LogP contribution >= 0.6 is 0 Å². The average Bonchev–Trinajstić information content (AvgIpc) is 2.32. The van der Waals surface area contributed by atoms with E-state index in [2.05, 4.69) is 0 Å². The van der Waals surface area contributed by atoms with Gasteiger partial charge in [-0.25, -0.2) is 0 Å². The molecule has 0 saturated carbocycles. The highest BCUT2D eigenvalue weighted by molar-refractivity contribution is 6.03. The number of amides is 1. The standard InChI is InChI=1S/C14H19NO3/c1-5-18-14(17)9-13(16)15(4)12-7-6-10(2)11(3)8-12/h6-8H,5,9H2,1-4H3. The fourth-order valence-corrected chi connectivity index (χ4v) is 1.53. The normalized spacial score (nSPS) is 10.0. The molecular formula is C14H19NO3. The van der Waals surface area contributed by atoms with Gasteiger partial charge in [-0.1, -0.05) is 6.07 Å². The van der Waals surface area contributed by atoms with Gasteiger partial charge in [0.1, 0.15) is 6.42 Å². The monoisotopic (exact) mass is 249 g/mol. The number of esters is 1. The third kappa shape index (κ3) is 3.58. The molecule has 4 nitrogen and oxygen atoms in total. The Morgan fingerprint density at radius 2 is 1.89 bits per heavy atom. The van der Waals surface area contributed by atoms with Crippen molar-refractivity contribution in [3.05, 3.63) is 29.3 Å². The quantitative estimate of drug-likeness (QED) is 0.607. The predicted molar refractivity (Wildman–Crippen MR) is 70.6 cm³/mol. The second-order valence-electron chi connectivity index (χ2n) is 4.20. The molecule has 0 N–H and O–H groups in total. The molecular weight excluding hydrogens is 230 g/mol. The van der Waals surface area contributed by atoms with Gasteiger partial charge >= 0.3 is 5.97 Å². The number of carbonyl (C=O) groups is 2.